The van der Waals surface area contributed by atoms with Crippen LogP contribution in [0.25, 0.3) is 0 Å². The summed E-state index contributed by atoms with van der Waals surface area (Å²) in [6, 6.07) is 12.9. The number of sulfonamides is 1. The first-order valence-electron chi connectivity index (χ1n) is 8.43. The molecule has 6 nitrogen and oxygen atoms in total. The van der Waals surface area contributed by atoms with Crippen LogP contribution >= 0.6 is 0 Å². The van der Waals surface area contributed by atoms with Gasteiger partial charge in [0, 0.05) is 5.69 Å². The van der Waals surface area contributed by atoms with E-state index in [1.54, 1.807) is 61.5 Å². The van der Waals surface area contributed by atoms with Gasteiger partial charge in [0.2, 0.25) is 15.9 Å². The molecule has 0 heterocycles. The Morgan fingerprint density at radius 2 is 1.78 bits per heavy atom. The largest absolute Gasteiger partial charge is 0.490 e. The van der Waals surface area contributed by atoms with Crippen molar-refractivity contribution in [2.75, 3.05) is 22.5 Å². The highest BCUT2D eigenvalue weighted by Gasteiger charge is 2.29. The van der Waals surface area contributed by atoms with Crippen LogP contribution < -0.4 is 14.4 Å². The van der Waals surface area contributed by atoms with Crippen LogP contribution in [-0.4, -0.2) is 33.2 Å². The molecule has 1 amide bonds. The first-order chi connectivity index (χ1) is 12.7. The maximum atomic E-state index is 12.6. The van der Waals surface area contributed by atoms with Crippen molar-refractivity contribution < 1.29 is 17.9 Å². The zero-order valence-electron chi connectivity index (χ0n) is 15.7. The standard InChI is InChI=1S/C20H24N2O4S/c1-5-14-26-19-12-8-17(9-13-19)21-20(23)16(3)22(27(4,24)25)18-10-6-15(2)7-11-18/h5-13,16H,1,14H2,2-4H3,(H,21,23)/t16-/m1/s1. The number of amides is 1. The Balaban J connectivity index is 2.17. The third-order valence-corrected chi connectivity index (χ3v) is 5.11. The van der Waals surface area contributed by atoms with Gasteiger partial charge in [-0.15, -0.1) is 0 Å². The van der Waals surface area contributed by atoms with E-state index >= 15 is 0 Å². The molecule has 7 heteroatoms. The third kappa shape index (κ3) is 5.59. The van der Waals surface area contributed by atoms with Gasteiger partial charge in [0.05, 0.1) is 11.9 Å². The molecule has 144 valence electrons. The van der Waals surface area contributed by atoms with Crippen LogP contribution in [0.4, 0.5) is 11.4 Å². The van der Waals surface area contributed by atoms with E-state index in [1.807, 2.05) is 6.92 Å². The van der Waals surface area contributed by atoms with Crippen molar-refractivity contribution in [1.82, 2.24) is 0 Å². The minimum atomic E-state index is -3.64. The second-order valence-corrected chi connectivity index (χ2v) is 8.04. The molecule has 0 aliphatic rings. The number of aryl methyl sites for hydroxylation is 1. The van der Waals surface area contributed by atoms with E-state index in [0.29, 0.717) is 23.7 Å². The summed E-state index contributed by atoms with van der Waals surface area (Å²) in [5, 5.41) is 2.74. The summed E-state index contributed by atoms with van der Waals surface area (Å²) in [4.78, 5) is 12.6. The Bertz CT molecular complexity index is 891. The first-order valence-corrected chi connectivity index (χ1v) is 10.3. The van der Waals surface area contributed by atoms with Gasteiger partial charge < -0.3 is 10.1 Å². The zero-order valence-corrected chi connectivity index (χ0v) is 16.5. The maximum absolute atomic E-state index is 12.6. The molecule has 0 fully saturated rings. The number of carbonyl (C=O) groups excluding carboxylic acids is 1. The van der Waals surface area contributed by atoms with E-state index in [0.717, 1.165) is 16.1 Å². The lowest BCUT2D eigenvalue weighted by Gasteiger charge is -2.28. The molecule has 27 heavy (non-hydrogen) atoms. The van der Waals surface area contributed by atoms with Crippen LogP contribution in [0.1, 0.15) is 12.5 Å². The molecule has 1 N–H and O–H groups in total. The van der Waals surface area contributed by atoms with Crippen molar-refractivity contribution in [2.45, 2.75) is 19.9 Å². The average molecular weight is 388 g/mol. The van der Waals surface area contributed by atoms with Crippen LogP contribution in [0.5, 0.6) is 5.75 Å². The summed E-state index contributed by atoms with van der Waals surface area (Å²) < 4.78 is 31.1. The van der Waals surface area contributed by atoms with Gasteiger partial charge in [-0.2, -0.15) is 0 Å². The Morgan fingerprint density at radius 3 is 2.30 bits per heavy atom. The van der Waals surface area contributed by atoms with Crippen LogP contribution in [-0.2, 0) is 14.8 Å². The number of nitrogens with zero attached hydrogens (tertiary/aromatic N) is 1. The molecule has 0 aromatic heterocycles. The van der Waals surface area contributed by atoms with Gasteiger partial charge in [-0.3, -0.25) is 9.10 Å². The highest BCUT2D eigenvalue weighted by atomic mass is 32.2. The second kappa shape index (κ2) is 8.73. The SMILES string of the molecule is C=CCOc1ccc(NC(=O)[C@@H](C)N(c2ccc(C)cc2)S(C)(=O)=O)cc1. The fourth-order valence-electron chi connectivity index (χ4n) is 2.54. The Hall–Kier alpha value is -2.80. The Morgan fingerprint density at radius 1 is 1.19 bits per heavy atom. The van der Waals surface area contributed by atoms with Crippen LogP contribution in [0.2, 0.25) is 0 Å². The predicted octanol–water partition coefficient (Wildman–Crippen LogP) is 3.35. The summed E-state index contributed by atoms with van der Waals surface area (Å²) in [5.74, 6) is 0.221. The summed E-state index contributed by atoms with van der Waals surface area (Å²) in [6.45, 7) is 7.44. The lowest BCUT2D eigenvalue weighted by Crippen LogP contribution is -2.45. The average Bonchev–Trinajstić information content (AvgIpc) is 2.61. The molecule has 2 aromatic carbocycles. The summed E-state index contributed by atoms with van der Waals surface area (Å²) >= 11 is 0. The lowest BCUT2D eigenvalue weighted by molar-refractivity contribution is -0.116. The number of hydrogen-bond donors (Lipinski definition) is 1. The minimum absolute atomic E-state index is 0.391. The first kappa shape index (κ1) is 20.5. The predicted molar refractivity (Wildman–Crippen MR) is 109 cm³/mol. The smallest absolute Gasteiger partial charge is 0.247 e. The molecular formula is C20H24N2O4S. The van der Waals surface area contributed by atoms with E-state index in [4.69, 9.17) is 4.74 Å². The normalized spacial score (nSPS) is 12.1. The van der Waals surface area contributed by atoms with E-state index in [-0.39, 0.29) is 0 Å². The highest BCUT2D eigenvalue weighted by molar-refractivity contribution is 7.92. The topological polar surface area (TPSA) is 75.7 Å². The second-order valence-electron chi connectivity index (χ2n) is 6.18. The molecule has 0 saturated heterocycles. The zero-order chi connectivity index (χ0) is 20.0. The lowest BCUT2D eigenvalue weighted by atomic mass is 10.2. The van der Waals surface area contributed by atoms with Crippen molar-refractivity contribution in [1.29, 1.82) is 0 Å². The molecule has 0 aliphatic carbocycles. The molecule has 0 unspecified atom stereocenters. The number of carbonyl (C=O) groups is 1. The molecular weight excluding hydrogens is 364 g/mol. The summed E-state index contributed by atoms with van der Waals surface area (Å²) in [7, 11) is -3.64. The van der Waals surface area contributed by atoms with E-state index < -0.39 is 22.0 Å². The van der Waals surface area contributed by atoms with Crippen LogP contribution in [0.15, 0.2) is 61.2 Å². The molecule has 2 aromatic rings. The summed E-state index contributed by atoms with van der Waals surface area (Å²) in [6.07, 6.45) is 2.73. The highest BCUT2D eigenvalue weighted by Crippen LogP contribution is 2.22. The van der Waals surface area contributed by atoms with E-state index in [2.05, 4.69) is 11.9 Å². The molecule has 0 aliphatic heterocycles. The van der Waals surface area contributed by atoms with Crippen molar-refractivity contribution in [2.24, 2.45) is 0 Å². The van der Waals surface area contributed by atoms with E-state index in [1.165, 1.54) is 0 Å². The van der Waals surface area contributed by atoms with Gasteiger partial charge >= 0.3 is 0 Å². The molecule has 1 atom stereocenters. The van der Waals surface area contributed by atoms with Crippen LogP contribution in [0.3, 0.4) is 0 Å². The van der Waals surface area contributed by atoms with Gasteiger partial charge in [0.25, 0.3) is 0 Å². The van der Waals surface area contributed by atoms with Crippen molar-refractivity contribution in [3.8, 4) is 5.75 Å². The maximum Gasteiger partial charge on any atom is 0.247 e. The van der Waals surface area contributed by atoms with Gasteiger partial charge in [0.1, 0.15) is 18.4 Å². The number of ether oxygens (including phenoxy) is 1. The van der Waals surface area contributed by atoms with E-state index in [9.17, 15) is 13.2 Å². The number of rotatable bonds is 8. The molecule has 0 bridgehead atoms. The van der Waals surface area contributed by atoms with Crippen molar-refractivity contribution in [3.05, 3.63) is 66.7 Å². The summed E-state index contributed by atoms with van der Waals surface area (Å²) in [5.41, 5.74) is 2.00. The minimum Gasteiger partial charge on any atom is -0.490 e. The molecule has 0 radical (unpaired) electrons. The number of anilines is 2. The van der Waals surface area contributed by atoms with Gasteiger partial charge in [-0.1, -0.05) is 30.4 Å². The van der Waals surface area contributed by atoms with Crippen molar-refractivity contribution in [3.63, 3.8) is 0 Å². The Labute approximate surface area is 160 Å². The fraction of sp³-hybridized carbons (Fsp3) is 0.250. The molecule has 2 rings (SSSR count). The molecule has 0 spiro atoms. The monoisotopic (exact) mass is 388 g/mol. The number of hydrogen-bond acceptors (Lipinski definition) is 4. The molecule has 0 saturated carbocycles. The van der Waals surface area contributed by atoms with Gasteiger partial charge in [0.15, 0.2) is 0 Å². The third-order valence-electron chi connectivity index (χ3n) is 3.87. The number of benzene rings is 2. The van der Waals surface area contributed by atoms with Crippen LogP contribution in [0, 0.1) is 6.92 Å². The van der Waals surface area contributed by atoms with Gasteiger partial charge in [-0.25, -0.2) is 8.42 Å². The number of nitrogens with one attached hydrogen (secondary N) is 1. The van der Waals surface area contributed by atoms with Gasteiger partial charge in [-0.05, 0) is 50.2 Å². The fourth-order valence-corrected chi connectivity index (χ4v) is 3.71. The quantitative estimate of drug-likeness (QED) is 0.704. The Kier molecular flexibility index (Phi) is 6.63. The van der Waals surface area contributed by atoms with Crippen molar-refractivity contribution >= 4 is 27.3 Å².